The van der Waals surface area contributed by atoms with Gasteiger partial charge >= 0.3 is 0 Å². The monoisotopic (exact) mass is 304 g/mol. The molecule has 1 aromatic heterocycles. The highest BCUT2D eigenvalue weighted by atomic mass is 16.5. The Morgan fingerprint density at radius 3 is 3.09 bits per heavy atom. The summed E-state index contributed by atoms with van der Waals surface area (Å²) in [5, 5.41) is 0. The molecule has 0 aromatic carbocycles. The van der Waals surface area contributed by atoms with Gasteiger partial charge in [0, 0.05) is 38.5 Å². The van der Waals surface area contributed by atoms with E-state index in [4.69, 9.17) is 9.47 Å². The summed E-state index contributed by atoms with van der Waals surface area (Å²) >= 11 is 0. The van der Waals surface area contributed by atoms with Crippen molar-refractivity contribution in [2.45, 2.75) is 32.0 Å². The number of hydrogen-bond donors (Lipinski definition) is 0. The minimum atomic E-state index is 0.0999. The maximum atomic E-state index is 12.0. The van der Waals surface area contributed by atoms with E-state index in [0.717, 1.165) is 25.1 Å². The van der Waals surface area contributed by atoms with Gasteiger partial charge in [0.1, 0.15) is 6.61 Å². The normalized spacial score (nSPS) is 27.7. The van der Waals surface area contributed by atoms with Gasteiger partial charge in [-0.1, -0.05) is 12.5 Å². The van der Waals surface area contributed by atoms with Crippen molar-refractivity contribution in [1.29, 1.82) is 0 Å². The molecule has 0 radical (unpaired) electrons. The summed E-state index contributed by atoms with van der Waals surface area (Å²) in [5.74, 6) is 1.14. The van der Waals surface area contributed by atoms with Crippen molar-refractivity contribution in [2.75, 3.05) is 26.8 Å². The van der Waals surface area contributed by atoms with Gasteiger partial charge in [0.15, 0.2) is 0 Å². The number of amides is 1. The molecule has 0 N–H and O–H groups in total. The number of carbonyl (C=O) groups is 1. The molecule has 2 heterocycles. The zero-order valence-electron chi connectivity index (χ0n) is 13.1. The molecule has 2 aliphatic rings. The minimum absolute atomic E-state index is 0.0999. The summed E-state index contributed by atoms with van der Waals surface area (Å²) in [7, 11) is 1.57. The average Bonchev–Trinajstić information content (AvgIpc) is 2.99. The first kappa shape index (κ1) is 15.4. The van der Waals surface area contributed by atoms with E-state index in [1.54, 1.807) is 13.3 Å². The van der Waals surface area contributed by atoms with Crippen molar-refractivity contribution in [1.82, 2.24) is 9.88 Å². The number of hydrogen-bond acceptors (Lipinski definition) is 4. The maximum absolute atomic E-state index is 12.0. The standard InChI is InChI=1S/C17H24N2O3/c1-21-12-17(20)19-9-14-5-2-6-16(15(14)10-19)22-11-13-4-3-7-18-8-13/h3-4,7-8,14-16H,2,5-6,9-12H2,1H3/t14-,15+,16+/m1/s1. The molecule has 120 valence electrons. The van der Waals surface area contributed by atoms with E-state index in [1.165, 1.54) is 12.8 Å². The molecule has 3 atom stereocenters. The number of fused-ring (bicyclic) bond motifs is 1. The Labute approximate surface area is 131 Å². The van der Waals surface area contributed by atoms with Gasteiger partial charge in [0.05, 0.1) is 12.7 Å². The summed E-state index contributed by atoms with van der Waals surface area (Å²) in [6, 6.07) is 3.97. The SMILES string of the molecule is COCC(=O)N1C[C@H]2CCC[C@H](OCc3cccnc3)[C@H]2C1. The van der Waals surface area contributed by atoms with E-state index in [-0.39, 0.29) is 18.6 Å². The summed E-state index contributed by atoms with van der Waals surface area (Å²) in [5.41, 5.74) is 1.11. The molecule has 2 fully saturated rings. The lowest BCUT2D eigenvalue weighted by Crippen LogP contribution is -2.35. The van der Waals surface area contributed by atoms with Gasteiger partial charge in [-0.25, -0.2) is 0 Å². The van der Waals surface area contributed by atoms with Crippen molar-refractivity contribution in [3.05, 3.63) is 30.1 Å². The molecule has 5 nitrogen and oxygen atoms in total. The highest BCUT2D eigenvalue weighted by Gasteiger charge is 2.42. The van der Waals surface area contributed by atoms with E-state index in [1.807, 2.05) is 23.2 Å². The Hall–Kier alpha value is -1.46. The number of methoxy groups -OCH3 is 1. The smallest absolute Gasteiger partial charge is 0.248 e. The Bertz CT molecular complexity index is 494. The van der Waals surface area contributed by atoms with Gasteiger partial charge in [0.2, 0.25) is 5.91 Å². The zero-order chi connectivity index (χ0) is 15.4. The van der Waals surface area contributed by atoms with E-state index in [0.29, 0.717) is 18.4 Å². The Morgan fingerprint density at radius 2 is 2.32 bits per heavy atom. The van der Waals surface area contributed by atoms with Crippen LogP contribution in [0.3, 0.4) is 0 Å². The van der Waals surface area contributed by atoms with Crippen molar-refractivity contribution >= 4 is 5.91 Å². The lowest BCUT2D eigenvalue weighted by atomic mass is 9.79. The lowest BCUT2D eigenvalue weighted by Gasteiger charge is -2.32. The topological polar surface area (TPSA) is 51.7 Å². The highest BCUT2D eigenvalue weighted by molar-refractivity contribution is 5.77. The number of ether oxygens (including phenoxy) is 2. The molecule has 1 aliphatic carbocycles. The predicted octanol–water partition coefficient (Wildman–Crippen LogP) is 1.87. The number of rotatable bonds is 5. The number of likely N-dealkylation sites (tertiary alicyclic amines) is 1. The van der Waals surface area contributed by atoms with Crippen molar-refractivity contribution in [3.63, 3.8) is 0 Å². The Morgan fingerprint density at radius 1 is 1.41 bits per heavy atom. The van der Waals surface area contributed by atoms with Gasteiger partial charge in [-0.3, -0.25) is 9.78 Å². The average molecular weight is 304 g/mol. The van der Waals surface area contributed by atoms with Crippen molar-refractivity contribution in [3.8, 4) is 0 Å². The minimum Gasteiger partial charge on any atom is -0.375 e. The van der Waals surface area contributed by atoms with Crippen LogP contribution in [0.4, 0.5) is 0 Å². The molecule has 3 rings (SSSR count). The molecule has 5 heteroatoms. The largest absolute Gasteiger partial charge is 0.375 e. The molecule has 0 unspecified atom stereocenters. The molecule has 0 bridgehead atoms. The lowest BCUT2D eigenvalue weighted by molar-refractivity contribution is -0.134. The fourth-order valence-electron chi connectivity index (χ4n) is 3.73. The number of aromatic nitrogens is 1. The first-order valence-corrected chi connectivity index (χ1v) is 8.05. The van der Waals surface area contributed by atoms with Crippen LogP contribution in [0, 0.1) is 11.8 Å². The van der Waals surface area contributed by atoms with Gasteiger partial charge in [0.25, 0.3) is 0 Å². The second kappa shape index (κ2) is 7.20. The number of pyridine rings is 1. The van der Waals surface area contributed by atoms with Crippen LogP contribution in [0.5, 0.6) is 0 Å². The second-order valence-corrected chi connectivity index (χ2v) is 6.30. The number of carbonyl (C=O) groups excluding carboxylic acids is 1. The molecule has 0 spiro atoms. The van der Waals surface area contributed by atoms with Crippen LogP contribution in [0.1, 0.15) is 24.8 Å². The summed E-state index contributed by atoms with van der Waals surface area (Å²) in [6.45, 7) is 2.46. The third kappa shape index (κ3) is 3.47. The van der Waals surface area contributed by atoms with Crippen LogP contribution < -0.4 is 0 Å². The third-order valence-electron chi connectivity index (χ3n) is 4.84. The zero-order valence-corrected chi connectivity index (χ0v) is 13.1. The van der Waals surface area contributed by atoms with Crippen molar-refractivity contribution in [2.24, 2.45) is 11.8 Å². The molecular formula is C17H24N2O3. The van der Waals surface area contributed by atoms with E-state index >= 15 is 0 Å². The molecule has 1 amide bonds. The highest BCUT2D eigenvalue weighted by Crippen LogP contribution is 2.38. The van der Waals surface area contributed by atoms with Gasteiger partial charge in [-0.05, 0) is 30.4 Å². The fourth-order valence-corrected chi connectivity index (χ4v) is 3.73. The fraction of sp³-hybridized carbons (Fsp3) is 0.647. The Balaban J connectivity index is 1.58. The maximum Gasteiger partial charge on any atom is 0.248 e. The molecular weight excluding hydrogens is 280 g/mol. The predicted molar refractivity (Wildman–Crippen MR) is 82.1 cm³/mol. The van der Waals surface area contributed by atoms with Crippen LogP contribution in [-0.2, 0) is 20.9 Å². The molecule has 1 saturated heterocycles. The molecule has 1 aliphatic heterocycles. The van der Waals surface area contributed by atoms with Crippen LogP contribution in [0.15, 0.2) is 24.5 Å². The van der Waals surface area contributed by atoms with Crippen LogP contribution >= 0.6 is 0 Å². The third-order valence-corrected chi connectivity index (χ3v) is 4.84. The first-order chi connectivity index (χ1) is 10.8. The van der Waals surface area contributed by atoms with E-state index in [9.17, 15) is 4.79 Å². The van der Waals surface area contributed by atoms with E-state index in [2.05, 4.69) is 4.98 Å². The molecule has 1 aromatic rings. The summed E-state index contributed by atoms with van der Waals surface area (Å²) in [4.78, 5) is 18.1. The molecule has 22 heavy (non-hydrogen) atoms. The van der Waals surface area contributed by atoms with Crippen molar-refractivity contribution < 1.29 is 14.3 Å². The van der Waals surface area contributed by atoms with Crippen LogP contribution in [0.25, 0.3) is 0 Å². The number of nitrogens with zero attached hydrogens (tertiary/aromatic N) is 2. The van der Waals surface area contributed by atoms with Crippen LogP contribution in [0.2, 0.25) is 0 Å². The first-order valence-electron chi connectivity index (χ1n) is 8.05. The summed E-state index contributed by atoms with van der Waals surface area (Å²) in [6.07, 6.45) is 7.35. The molecule has 1 saturated carbocycles. The van der Waals surface area contributed by atoms with Gasteiger partial charge < -0.3 is 14.4 Å². The van der Waals surface area contributed by atoms with Gasteiger partial charge in [-0.2, -0.15) is 0 Å². The van der Waals surface area contributed by atoms with Crippen LogP contribution in [-0.4, -0.2) is 48.7 Å². The van der Waals surface area contributed by atoms with Gasteiger partial charge in [-0.15, -0.1) is 0 Å². The quantitative estimate of drug-likeness (QED) is 0.833. The van der Waals surface area contributed by atoms with E-state index < -0.39 is 0 Å². The second-order valence-electron chi connectivity index (χ2n) is 6.30. The Kier molecular flexibility index (Phi) is 5.05. The summed E-state index contributed by atoms with van der Waals surface area (Å²) < 4.78 is 11.1.